The average Bonchev–Trinajstić information content (AvgIpc) is 3.54. The first-order valence-electron chi connectivity index (χ1n) is 12.3. The lowest BCUT2D eigenvalue weighted by Gasteiger charge is -2.28. The first-order valence-corrected chi connectivity index (χ1v) is 12.6. The van der Waals surface area contributed by atoms with Crippen LogP contribution in [0.4, 0.5) is 11.8 Å². The highest BCUT2D eigenvalue weighted by molar-refractivity contribution is 6.32. The molecule has 10 heteroatoms. The zero-order chi connectivity index (χ0) is 24.5. The molecule has 1 aromatic heterocycles. The van der Waals surface area contributed by atoms with Gasteiger partial charge in [0.1, 0.15) is 17.1 Å². The van der Waals surface area contributed by atoms with Gasteiger partial charge in [0.2, 0.25) is 5.95 Å². The minimum Gasteiger partial charge on any atom is -0.495 e. The quantitative estimate of drug-likeness (QED) is 0.435. The molecule has 2 saturated carbocycles. The number of piperidine rings is 1. The molecular weight excluding hydrogens is 470 g/mol. The van der Waals surface area contributed by atoms with Crippen LogP contribution >= 0.6 is 11.6 Å². The van der Waals surface area contributed by atoms with Gasteiger partial charge in [-0.1, -0.05) is 17.7 Å². The molecule has 3 atom stereocenters. The van der Waals surface area contributed by atoms with Crippen LogP contribution in [0.5, 0.6) is 5.75 Å². The lowest BCUT2D eigenvalue weighted by Crippen LogP contribution is -2.39. The minimum atomic E-state index is -0.287. The maximum absolute atomic E-state index is 13.2. The summed E-state index contributed by atoms with van der Waals surface area (Å²) >= 11 is 6.28. The van der Waals surface area contributed by atoms with E-state index in [1.54, 1.807) is 19.4 Å². The van der Waals surface area contributed by atoms with E-state index in [1.165, 1.54) is 0 Å². The largest absolute Gasteiger partial charge is 0.495 e. The number of carbonyl (C=O) groups is 1. The molecule has 3 unspecified atom stereocenters. The molecule has 0 radical (unpaired) electrons. The average molecular weight is 502 g/mol. The van der Waals surface area contributed by atoms with Gasteiger partial charge in [0.25, 0.3) is 5.91 Å². The van der Waals surface area contributed by atoms with Crippen molar-refractivity contribution in [2.45, 2.75) is 56.8 Å². The molecule has 5 rings (SSSR count). The zero-order valence-electron chi connectivity index (χ0n) is 19.8. The summed E-state index contributed by atoms with van der Waals surface area (Å²) in [6.07, 6.45) is 5.28. The summed E-state index contributed by atoms with van der Waals surface area (Å²) in [7, 11) is 1.57. The first kappa shape index (κ1) is 24.1. The Kier molecular flexibility index (Phi) is 7.00. The van der Waals surface area contributed by atoms with Gasteiger partial charge >= 0.3 is 0 Å². The van der Waals surface area contributed by atoms with Crippen molar-refractivity contribution >= 4 is 29.3 Å². The molecule has 1 aliphatic heterocycles. The van der Waals surface area contributed by atoms with Crippen molar-refractivity contribution in [1.82, 2.24) is 15.3 Å². The molecule has 1 aromatic carbocycles. The highest BCUT2D eigenvalue weighted by Gasteiger charge is 2.53. The molecule has 3 fully saturated rings. The Hall–Kier alpha value is -2.62. The number of halogens is 1. The van der Waals surface area contributed by atoms with Gasteiger partial charge in [0, 0.05) is 25.3 Å². The zero-order valence-corrected chi connectivity index (χ0v) is 20.5. The second kappa shape index (κ2) is 10.2. The third-order valence-corrected chi connectivity index (χ3v) is 7.77. The van der Waals surface area contributed by atoms with Crippen molar-refractivity contribution in [3.8, 4) is 5.75 Å². The Labute approximate surface area is 209 Å². The van der Waals surface area contributed by atoms with Crippen LogP contribution in [-0.2, 0) is 6.54 Å². The number of ether oxygens (including phenoxy) is 1. The van der Waals surface area contributed by atoms with E-state index in [0.29, 0.717) is 59.3 Å². The standard InChI is InChI=1S/C25H32ClN5O4/c1-35-22-7-2-14(8-20(22)26)10-27-23-19(24(34)29-16-3-5-17(33)6-4-16)11-28-25(30-23)31-12-15-9-18(15)21(31)13-32/h2,7-8,11,15-18,21,32-33H,3-6,9-10,12-13H2,1H3,(H,29,34)(H,27,28,30). The van der Waals surface area contributed by atoms with Crippen molar-refractivity contribution < 1.29 is 19.7 Å². The molecule has 35 heavy (non-hydrogen) atoms. The lowest BCUT2D eigenvalue weighted by atomic mass is 9.93. The van der Waals surface area contributed by atoms with Crippen molar-refractivity contribution in [3.05, 3.63) is 40.5 Å². The molecule has 2 aliphatic carbocycles. The second-order valence-corrected chi connectivity index (χ2v) is 10.2. The summed E-state index contributed by atoms with van der Waals surface area (Å²) in [5.41, 5.74) is 1.28. The van der Waals surface area contributed by atoms with E-state index < -0.39 is 0 Å². The number of rotatable bonds is 8. The van der Waals surface area contributed by atoms with Gasteiger partial charge in [-0.3, -0.25) is 4.79 Å². The van der Waals surface area contributed by atoms with Crippen LogP contribution in [0.1, 0.15) is 48.0 Å². The number of benzene rings is 1. The third-order valence-electron chi connectivity index (χ3n) is 7.48. The molecule has 0 bridgehead atoms. The summed E-state index contributed by atoms with van der Waals surface area (Å²) in [4.78, 5) is 24.5. The topological polar surface area (TPSA) is 120 Å². The van der Waals surface area contributed by atoms with Gasteiger partial charge in [-0.2, -0.15) is 4.98 Å². The highest BCUT2D eigenvalue weighted by atomic mass is 35.5. The van der Waals surface area contributed by atoms with Gasteiger partial charge in [-0.05, 0) is 61.6 Å². The molecule has 4 N–H and O–H groups in total. The van der Waals surface area contributed by atoms with Crippen LogP contribution in [0.15, 0.2) is 24.4 Å². The van der Waals surface area contributed by atoms with Crippen LogP contribution in [0.2, 0.25) is 5.02 Å². The van der Waals surface area contributed by atoms with Gasteiger partial charge in [0.15, 0.2) is 0 Å². The Morgan fingerprint density at radius 1 is 1.29 bits per heavy atom. The molecule has 3 aliphatic rings. The molecule has 9 nitrogen and oxygen atoms in total. The van der Waals surface area contributed by atoms with Crippen molar-refractivity contribution in [2.75, 3.05) is 30.5 Å². The Morgan fingerprint density at radius 3 is 2.80 bits per heavy atom. The summed E-state index contributed by atoms with van der Waals surface area (Å²) in [6.45, 7) is 1.29. The van der Waals surface area contributed by atoms with E-state index >= 15 is 0 Å². The van der Waals surface area contributed by atoms with Crippen LogP contribution in [-0.4, -0.2) is 64.5 Å². The fourth-order valence-electron chi connectivity index (χ4n) is 5.34. The number of aliphatic hydroxyl groups is 2. The molecule has 1 saturated heterocycles. The number of carbonyl (C=O) groups excluding carboxylic acids is 1. The summed E-state index contributed by atoms with van der Waals surface area (Å²) < 4.78 is 5.23. The van der Waals surface area contributed by atoms with Gasteiger partial charge < -0.3 is 30.5 Å². The van der Waals surface area contributed by atoms with Crippen LogP contribution in [0.25, 0.3) is 0 Å². The van der Waals surface area contributed by atoms with Gasteiger partial charge in [0.05, 0.1) is 30.9 Å². The van der Waals surface area contributed by atoms with Crippen molar-refractivity contribution in [3.63, 3.8) is 0 Å². The van der Waals surface area contributed by atoms with E-state index in [1.807, 2.05) is 12.1 Å². The summed E-state index contributed by atoms with van der Waals surface area (Å²) in [5.74, 6) is 2.39. The molecule has 2 aromatic rings. The van der Waals surface area contributed by atoms with E-state index in [4.69, 9.17) is 21.3 Å². The number of fused-ring (bicyclic) bond motifs is 1. The predicted molar refractivity (Wildman–Crippen MR) is 133 cm³/mol. The van der Waals surface area contributed by atoms with Crippen molar-refractivity contribution in [2.24, 2.45) is 11.8 Å². The Bertz CT molecular complexity index is 1080. The minimum absolute atomic E-state index is 0.0154. The monoisotopic (exact) mass is 501 g/mol. The van der Waals surface area contributed by atoms with Crippen molar-refractivity contribution in [1.29, 1.82) is 0 Å². The SMILES string of the molecule is COc1ccc(CNc2nc(N3CC4CC4C3CO)ncc2C(=O)NC2CCC(O)CC2)cc1Cl. The smallest absolute Gasteiger partial charge is 0.256 e. The van der Waals surface area contributed by atoms with E-state index in [9.17, 15) is 15.0 Å². The maximum atomic E-state index is 13.2. The van der Waals surface area contributed by atoms with Crippen LogP contribution < -0.4 is 20.3 Å². The molecule has 188 valence electrons. The highest BCUT2D eigenvalue weighted by Crippen LogP contribution is 2.50. The van der Waals surface area contributed by atoms with Gasteiger partial charge in [-0.25, -0.2) is 4.98 Å². The number of nitrogens with one attached hydrogen (secondary N) is 2. The van der Waals surface area contributed by atoms with E-state index in [0.717, 1.165) is 31.4 Å². The number of nitrogens with zero attached hydrogens (tertiary/aromatic N) is 3. The summed E-state index contributed by atoms with van der Waals surface area (Å²) in [6, 6.07) is 5.56. The molecule has 2 heterocycles. The lowest BCUT2D eigenvalue weighted by molar-refractivity contribution is 0.0867. The second-order valence-electron chi connectivity index (χ2n) is 9.80. The number of aliphatic hydroxyl groups excluding tert-OH is 2. The number of methoxy groups -OCH3 is 1. The number of amides is 1. The molecular formula is C25H32ClN5O4. The first-order chi connectivity index (χ1) is 17.0. The van der Waals surface area contributed by atoms with Crippen LogP contribution in [0.3, 0.4) is 0 Å². The number of anilines is 2. The maximum Gasteiger partial charge on any atom is 0.256 e. The fraction of sp³-hybridized carbons (Fsp3) is 0.560. The van der Waals surface area contributed by atoms with Crippen LogP contribution in [0, 0.1) is 11.8 Å². The third kappa shape index (κ3) is 5.17. The summed E-state index contributed by atoms with van der Waals surface area (Å²) in [5, 5.41) is 26.6. The number of hydrogen-bond acceptors (Lipinski definition) is 8. The fourth-order valence-corrected chi connectivity index (χ4v) is 5.62. The number of aromatic nitrogens is 2. The van der Waals surface area contributed by atoms with Gasteiger partial charge in [-0.15, -0.1) is 0 Å². The number of hydrogen-bond donors (Lipinski definition) is 4. The Morgan fingerprint density at radius 2 is 2.09 bits per heavy atom. The van der Waals surface area contributed by atoms with E-state index in [-0.39, 0.29) is 30.7 Å². The van der Waals surface area contributed by atoms with E-state index in [2.05, 4.69) is 20.5 Å². The molecule has 1 amide bonds. The molecule has 0 spiro atoms. The predicted octanol–water partition coefficient (Wildman–Crippen LogP) is 2.60. The normalized spacial score (nSPS) is 27.3. The Balaban J connectivity index is 1.37.